The van der Waals surface area contributed by atoms with E-state index in [1.807, 2.05) is 0 Å². The monoisotopic (exact) mass is 256 g/mol. The zero-order valence-corrected chi connectivity index (χ0v) is 11.0. The molecule has 0 aliphatic carbocycles. The molecule has 4 nitrogen and oxygen atoms in total. The van der Waals surface area contributed by atoms with E-state index >= 15 is 0 Å². The Hall–Kier alpha value is -1.07. The van der Waals surface area contributed by atoms with Crippen LogP contribution in [0.15, 0.2) is 24.3 Å². The first-order valence-corrected chi connectivity index (χ1v) is 7.51. The fourth-order valence-electron chi connectivity index (χ4n) is 1.52. The summed E-state index contributed by atoms with van der Waals surface area (Å²) in [5.74, 6) is -0.0498. The third-order valence-electron chi connectivity index (χ3n) is 2.50. The van der Waals surface area contributed by atoms with Crippen molar-refractivity contribution in [3.63, 3.8) is 0 Å². The van der Waals surface area contributed by atoms with Gasteiger partial charge in [0.2, 0.25) is 10.0 Å². The second-order valence-corrected chi connectivity index (χ2v) is 5.87. The van der Waals surface area contributed by atoms with Gasteiger partial charge in [0.1, 0.15) is 0 Å². The maximum Gasteiger partial charge on any atom is 0.215 e. The van der Waals surface area contributed by atoms with E-state index in [2.05, 4.69) is 11.6 Å². The normalized spacial score (nSPS) is 11.6. The lowest BCUT2D eigenvalue weighted by Crippen LogP contribution is -2.26. The van der Waals surface area contributed by atoms with E-state index in [1.165, 1.54) is 0 Å². The second kappa shape index (κ2) is 6.61. The van der Waals surface area contributed by atoms with Crippen molar-refractivity contribution in [2.24, 2.45) is 0 Å². The number of para-hydroxylation sites is 1. The topological polar surface area (TPSA) is 72.2 Å². The number of nitrogen functional groups attached to an aromatic ring is 1. The van der Waals surface area contributed by atoms with Crippen molar-refractivity contribution in [1.29, 1.82) is 0 Å². The number of hydrogen-bond donors (Lipinski definition) is 2. The van der Waals surface area contributed by atoms with Crippen molar-refractivity contribution in [1.82, 2.24) is 4.72 Å². The van der Waals surface area contributed by atoms with Gasteiger partial charge in [-0.25, -0.2) is 13.1 Å². The maximum absolute atomic E-state index is 11.7. The summed E-state index contributed by atoms with van der Waals surface area (Å²) in [5, 5.41) is 0. The van der Waals surface area contributed by atoms with Crippen LogP contribution in [0.1, 0.15) is 31.7 Å². The van der Waals surface area contributed by atoms with Crippen LogP contribution >= 0.6 is 0 Å². The highest BCUT2D eigenvalue weighted by Crippen LogP contribution is 2.13. The average molecular weight is 256 g/mol. The molecule has 0 unspecified atom stereocenters. The van der Waals surface area contributed by atoms with Gasteiger partial charge in [0.05, 0.1) is 5.75 Å². The van der Waals surface area contributed by atoms with E-state index < -0.39 is 10.0 Å². The number of nitrogens with one attached hydrogen (secondary N) is 1. The van der Waals surface area contributed by atoms with Crippen LogP contribution in [0, 0.1) is 0 Å². The van der Waals surface area contributed by atoms with Gasteiger partial charge in [-0.05, 0) is 18.1 Å². The molecular formula is C12H20N2O2S. The minimum Gasteiger partial charge on any atom is -0.398 e. The van der Waals surface area contributed by atoms with Crippen LogP contribution in [-0.2, 0) is 15.8 Å². The molecule has 0 aliphatic rings. The number of rotatable bonds is 7. The van der Waals surface area contributed by atoms with Crippen LogP contribution in [0.5, 0.6) is 0 Å². The Morgan fingerprint density at radius 3 is 2.59 bits per heavy atom. The smallest absolute Gasteiger partial charge is 0.215 e. The van der Waals surface area contributed by atoms with Gasteiger partial charge in [-0.15, -0.1) is 0 Å². The van der Waals surface area contributed by atoms with Crippen LogP contribution in [0.25, 0.3) is 0 Å². The Morgan fingerprint density at radius 2 is 1.94 bits per heavy atom. The average Bonchev–Trinajstić information content (AvgIpc) is 2.28. The van der Waals surface area contributed by atoms with E-state index in [-0.39, 0.29) is 5.75 Å². The molecule has 96 valence electrons. The molecule has 0 saturated heterocycles. The minimum atomic E-state index is -3.27. The predicted molar refractivity (Wildman–Crippen MR) is 71.0 cm³/mol. The van der Waals surface area contributed by atoms with Crippen molar-refractivity contribution >= 4 is 15.7 Å². The van der Waals surface area contributed by atoms with Gasteiger partial charge < -0.3 is 5.73 Å². The van der Waals surface area contributed by atoms with Crippen molar-refractivity contribution in [3.8, 4) is 0 Å². The molecule has 3 N–H and O–H groups in total. The van der Waals surface area contributed by atoms with Gasteiger partial charge in [-0.3, -0.25) is 0 Å². The van der Waals surface area contributed by atoms with Crippen molar-refractivity contribution in [3.05, 3.63) is 29.8 Å². The fraction of sp³-hybridized carbons (Fsp3) is 0.500. The van der Waals surface area contributed by atoms with Crippen LogP contribution in [0.3, 0.4) is 0 Å². The zero-order valence-electron chi connectivity index (χ0n) is 10.1. The van der Waals surface area contributed by atoms with E-state index in [4.69, 9.17) is 5.73 Å². The molecule has 0 aromatic heterocycles. The van der Waals surface area contributed by atoms with E-state index in [0.717, 1.165) is 19.3 Å². The number of anilines is 1. The Balaban J connectivity index is 2.52. The maximum atomic E-state index is 11.7. The first-order chi connectivity index (χ1) is 8.05. The van der Waals surface area contributed by atoms with Gasteiger partial charge in [0.15, 0.2) is 0 Å². The molecule has 0 amide bonds. The lowest BCUT2D eigenvalue weighted by atomic mass is 10.2. The highest BCUT2D eigenvalue weighted by atomic mass is 32.2. The molecule has 5 heteroatoms. The largest absolute Gasteiger partial charge is 0.398 e. The third-order valence-corrected chi connectivity index (χ3v) is 3.84. The van der Waals surface area contributed by atoms with Crippen molar-refractivity contribution in [2.75, 3.05) is 12.3 Å². The summed E-state index contributed by atoms with van der Waals surface area (Å²) in [5.41, 5.74) is 6.88. The summed E-state index contributed by atoms with van der Waals surface area (Å²) in [7, 11) is -3.27. The lowest BCUT2D eigenvalue weighted by molar-refractivity contribution is 0.575. The van der Waals surface area contributed by atoms with E-state index in [1.54, 1.807) is 24.3 Å². The standard InChI is InChI=1S/C12H20N2O2S/c1-2-3-6-9-14-17(15,16)10-11-7-4-5-8-12(11)13/h4-5,7-8,14H,2-3,6,9-10,13H2,1H3. The van der Waals surface area contributed by atoms with Gasteiger partial charge in [-0.1, -0.05) is 38.0 Å². The predicted octanol–water partition coefficient (Wildman–Crippen LogP) is 1.88. The van der Waals surface area contributed by atoms with Gasteiger partial charge in [-0.2, -0.15) is 0 Å². The van der Waals surface area contributed by atoms with Crippen LogP contribution in [-0.4, -0.2) is 15.0 Å². The molecule has 0 saturated carbocycles. The first kappa shape index (κ1) is 14.0. The number of hydrogen-bond acceptors (Lipinski definition) is 3. The molecule has 17 heavy (non-hydrogen) atoms. The highest BCUT2D eigenvalue weighted by molar-refractivity contribution is 7.88. The second-order valence-electron chi connectivity index (χ2n) is 4.06. The number of sulfonamides is 1. The Bertz CT molecular complexity index is 444. The summed E-state index contributed by atoms with van der Waals surface area (Å²) < 4.78 is 26.1. The van der Waals surface area contributed by atoms with Gasteiger partial charge >= 0.3 is 0 Å². The molecule has 0 atom stereocenters. The molecule has 0 spiro atoms. The number of nitrogens with two attached hydrogens (primary N) is 1. The quantitative estimate of drug-likeness (QED) is 0.578. The van der Waals surface area contributed by atoms with E-state index in [9.17, 15) is 8.42 Å². The van der Waals surface area contributed by atoms with Crippen molar-refractivity contribution in [2.45, 2.75) is 31.9 Å². The summed E-state index contributed by atoms with van der Waals surface area (Å²) in [6.07, 6.45) is 2.99. The molecule has 1 aromatic rings. The molecule has 0 bridgehead atoms. The summed E-state index contributed by atoms with van der Waals surface area (Å²) in [4.78, 5) is 0. The molecule has 0 aliphatic heterocycles. The first-order valence-electron chi connectivity index (χ1n) is 5.86. The minimum absolute atomic E-state index is 0.0498. The van der Waals surface area contributed by atoms with Crippen molar-refractivity contribution < 1.29 is 8.42 Å². The van der Waals surface area contributed by atoms with E-state index in [0.29, 0.717) is 17.8 Å². The molecule has 1 rings (SSSR count). The van der Waals surface area contributed by atoms with Gasteiger partial charge in [0.25, 0.3) is 0 Å². The molecule has 1 aromatic carbocycles. The van der Waals surface area contributed by atoms with Crippen LogP contribution < -0.4 is 10.5 Å². The molecule has 0 heterocycles. The highest BCUT2D eigenvalue weighted by Gasteiger charge is 2.12. The van der Waals surface area contributed by atoms with Gasteiger partial charge in [0, 0.05) is 12.2 Å². The van der Waals surface area contributed by atoms with Crippen LogP contribution in [0.4, 0.5) is 5.69 Å². The lowest BCUT2D eigenvalue weighted by Gasteiger charge is -2.08. The molecular weight excluding hydrogens is 236 g/mol. The zero-order chi connectivity index (χ0) is 12.7. The fourth-order valence-corrected chi connectivity index (χ4v) is 2.75. The number of benzene rings is 1. The Labute approximate surface area is 103 Å². The summed E-state index contributed by atoms with van der Waals surface area (Å²) >= 11 is 0. The molecule has 0 fully saturated rings. The number of unbranched alkanes of at least 4 members (excludes halogenated alkanes) is 2. The van der Waals surface area contributed by atoms with Crippen LogP contribution in [0.2, 0.25) is 0 Å². The SMILES string of the molecule is CCCCCNS(=O)(=O)Cc1ccccc1N. The Morgan fingerprint density at radius 1 is 1.24 bits per heavy atom. The summed E-state index contributed by atoms with van der Waals surface area (Å²) in [6.45, 7) is 2.59. The Kier molecular flexibility index (Phi) is 5.44. The summed E-state index contributed by atoms with van der Waals surface area (Å²) in [6, 6.07) is 7.03. The third kappa shape index (κ3) is 5.19. The molecule has 0 radical (unpaired) electrons.